The molecule has 0 atom stereocenters. The van der Waals surface area contributed by atoms with E-state index in [-0.39, 0.29) is 0 Å². The van der Waals surface area contributed by atoms with Crippen molar-refractivity contribution in [1.29, 1.82) is 0 Å². The second kappa shape index (κ2) is 9.77. The van der Waals surface area contributed by atoms with Gasteiger partial charge in [-0.2, -0.15) is 0 Å². The highest BCUT2D eigenvalue weighted by Gasteiger charge is 2.29. The van der Waals surface area contributed by atoms with Gasteiger partial charge in [0.2, 0.25) is 0 Å². The van der Waals surface area contributed by atoms with Crippen molar-refractivity contribution in [1.82, 2.24) is 10.6 Å². The van der Waals surface area contributed by atoms with Crippen LogP contribution in [0.1, 0.15) is 72.1 Å². The van der Waals surface area contributed by atoms with Crippen LogP contribution in [0.5, 0.6) is 0 Å². The third-order valence-corrected chi connectivity index (χ3v) is 4.80. The minimum atomic E-state index is 0.586. The highest BCUT2D eigenvalue weighted by Crippen LogP contribution is 2.31. The number of hydrogen-bond donors (Lipinski definition) is 2. The number of nitrogens with one attached hydrogen (secondary N) is 2. The van der Waals surface area contributed by atoms with E-state index < -0.39 is 0 Å². The van der Waals surface area contributed by atoms with Crippen LogP contribution < -0.4 is 10.6 Å². The van der Waals surface area contributed by atoms with Gasteiger partial charge in [0.15, 0.2) is 0 Å². The van der Waals surface area contributed by atoms with Crippen LogP contribution in [0.25, 0.3) is 0 Å². The zero-order valence-electron chi connectivity index (χ0n) is 13.6. The van der Waals surface area contributed by atoms with Crippen molar-refractivity contribution in [3.63, 3.8) is 0 Å². The minimum Gasteiger partial charge on any atom is -0.317 e. The number of rotatable bonds is 10. The average molecular weight is 268 g/mol. The molecule has 0 aromatic rings. The first-order valence-electron chi connectivity index (χ1n) is 8.60. The third-order valence-electron chi connectivity index (χ3n) is 4.80. The Morgan fingerprint density at radius 1 is 1.05 bits per heavy atom. The highest BCUT2D eigenvalue weighted by molar-refractivity contribution is 4.85. The first-order valence-corrected chi connectivity index (χ1v) is 8.60. The van der Waals surface area contributed by atoms with Crippen molar-refractivity contribution < 1.29 is 0 Å². The van der Waals surface area contributed by atoms with Gasteiger partial charge >= 0.3 is 0 Å². The van der Waals surface area contributed by atoms with Crippen LogP contribution in [-0.4, -0.2) is 26.2 Å². The van der Waals surface area contributed by atoms with E-state index in [1.54, 1.807) is 0 Å². The number of unbranched alkanes of at least 4 members (excludes halogenated alkanes) is 3. The van der Waals surface area contributed by atoms with Crippen molar-refractivity contribution in [2.75, 3.05) is 26.2 Å². The van der Waals surface area contributed by atoms with Crippen LogP contribution in [0.15, 0.2) is 0 Å². The fraction of sp³-hybridized carbons (Fsp3) is 1.00. The molecule has 0 spiro atoms. The molecule has 1 aliphatic heterocycles. The number of hydrogen-bond acceptors (Lipinski definition) is 2. The molecule has 0 aliphatic carbocycles. The standard InChI is InChI=1S/C17H36N2/c1-4-17(10-13-18-14-11-17)15-19-12-8-6-5-7-9-16(2)3/h16,18-19H,4-15H2,1-3H3. The predicted molar refractivity (Wildman–Crippen MR) is 85.6 cm³/mol. The van der Waals surface area contributed by atoms with Gasteiger partial charge in [-0.15, -0.1) is 0 Å². The summed E-state index contributed by atoms with van der Waals surface area (Å²) in [6, 6.07) is 0. The SMILES string of the molecule is CCC1(CNCCCCCCC(C)C)CCNCC1. The van der Waals surface area contributed by atoms with Gasteiger partial charge in [0.25, 0.3) is 0 Å². The number of piperidine rings is 1. The summed E-state index contributed by atoms with van der Waals surface area (Å²) in [5.41, 5.74) is 0.586. The van der Waals surface area contributed by atoms with Gasteiger partial charge in [-0.3, -0.25) is 0 Å². The topological polar surface area (TPSA) is 24.1 Å². The summed E-state index contributed by atoms with van der Waals surface area (Å²) in [4.78, 5) is 0. The molecule has 114 valence electrons. The molecule has 1 saturated heterocycles. The second-order valence-corrected chi connectivity index (χ2v) is 6.88. The summed E-state index contributed by atoms with van der Waals surface area (Å²) in [7, 11) is 0. The van der Waals surface area contributed by atoms with Gasteiger partial charge < -0.3 is 10.6 Å². The monoisotopic (exact) mass is 268 g/mol. The van der Waals surface area contributed by atoms with E-state index >= 15 is 0 Å². The molecule has 1 heterocycles. The Hall–Kier alpha value is -0.0800. The van der Waals surface area contributed by atoms with Gasteiger partial charge in [-0.1, -0.05) is 46.5 Å². The lowest BCUT2D eigenvalue weighted by Gasteiger charge is -2.37. The largest absolute Gasteiger partial charge is 0.317 e. The molecule has 0 aromatic heterocycles. The molecule has 0 saturated carbocycles. The van der Waals surface area contributed by atoms with Crippen LogP contribution >= 0.6 is 0 Å². The van der Waals surface area contributed by atoms with Crippen LogP contribution in [0.4, 0.5) is 0 Å². The second-order valence-electron chi connectivity index (χ2n) is 6.88. The summed E-state index contributed by atoms with van der Waals surface area (Å²) in [5.74, 6) is 0.877. The van der Waals surface area contributed by atoms with Gasteiger partial charge in [0, 0.05) is 6.54 Å². The molecular weight excluding hydrogens is 232 g/mol. The smallest absolute Gasteiger partial charge is 0.000866 e. The summed E-state index contributed by atoms with van der Waals surface area (Å²) < 4.78 is 0. The maximum Gasteiger partial charge on any atom is 0.000866 e. The van der Waals surface area contributed by atoms with Crippen LogP contribution in [0.2, 0.25) is 0 Å². The van der Waals surface area contributed by atoms with Crippen molar-refractivity contribution in [3.8, 4) is 0 Å². The van der Waals surface area contributed by atoms with Crippen molar-refractivity contribution in [2.24, 2.45) is 11.3 Å². The normalized spacial score (nSPS) is 18.9. The molecular formula is C17H36N2. The van der Waals surface area contributed by atoms with Crippen molar-refractivity contribution in [2.45, 2.75) is 72.1 Å². The fourth-order valence-corrected chi connectivity index (χ4v) is 3.12. The Morgan fingerprint density at radius 3 is 2.37 bits per heavy atom. The van der Waals surface area contributed by atoms with E-state index in [1.807, 2.05) is 0 Å². The van der Waals surface area contributed by atoms with Gasteiger partial charge in [0.05, 0.1) is 0 Å². The maximum absolute atomic E-state index is 3.72. The Kier molecular flexibility index (Phi) is 8.72. The van der Waals surface area contributed by atoms with Gasteiger partial charge in [0.1, 0.15) is 0 Å². The summed E-state index contributed by atoms with van der Waals surface area (Å²) in [6.07, 6.45) is 11.0. The van der Waals surface area contributed by atoms with Crippen LogP contribution in [0, 0.1) is 11.3 Å². The molecule has 0 aromatic carbocycles. The van der Waals surface area contributed by atoms with E-state index in [4.69, 9.17) is 0 Å². The van der Waals surface area contributed by atoms with Gasteiger partial charge in [-0.05, 0) is 56.7 Å². The Morgan fingerprint density at radius 2 is 1.74 bits per heavy atom. The highest BCUT2D eigenvalue weighted by atomic mass is 14.9. The predicted octanol–water partition coefficient (Wildman–Crippen LogP) is 3.96. The minimum absolute atomic E-state index is 0.586. The summed E-state index contributed by atoms with van der Waals surface area (Å²) in [5, 5.41) is 7.20. The van der Waals surface area contributed by atoms with E-state index in [2.05, 4.69) is 31.4 Å². The lowest BCUT2D eigenvalue weighted by atomic mass is 9.76. The molecule has 2 nitrogen and oxygen atoms in total. The molecule has 1 aliphatic rings. The van der Waals surface area contributed by atoms with E-state index in [9.17, 15) is 0 Å². The molecule has 2 N–H and O–H groups in total. The lowest BCUT2D eigenvalue weighted by molar-refractivity contribution is 0.186. The molecule has 0 unspecified atom stereocenters. The van der Waals surface area contributed by atoms with E-state index in [0.29, 0.717) is 5.41 Å². The molecule has 2 heteroatoms. The molecule has 0 bridgehead atoms. The zero-order valence-corrected chi connectivity index (χ0v) is 13.6. The van der Waals surface area contributed by atoms with Crippen molar-refractivity contribution >= 4 is 0 Å². The van der Waals surface area contributed by atoms with E-state index in [1.165, 1.54) is 77.5 Å². The van der Waals surface area contributed by atoms with Crippen LogP contribution in [-0.2, 0) is 0 Å². The summed E-state index contributed by atoms with van der Waals surface area (Å²) in [6.45, 7) is 11.9. The molecule has 1 fully saturated rings. The first kappa shape index (κ1) is 17.0. The molecule has 19 heavy (non-hydrogen) atoms. The Balaban J connectivity index is 1.97. The quantitative estimate of drug-likeness (QED) is 0.586. The fourth-order valence-electron chi connectivity index (χ4n) is 3.12. The third kappa shape index (κ3) is 7.31. The van der Waals surface area contributed by atoms with E-state index in [0.717, 1.165) is 5.92 Å². The van der Waals surface area contributed by atoms with Crippen molar-refractivity contribution in [3.05, 3.63) is 0 Å². The molecule has 0 radical (unpaired) electrons. The Labute approximate surface area is 121 Å². The summed E-state index contributed by atoms with van der Waals surface area (Å²) >= 11 is 0. The Bertz CT molecular complexity index is 207. The molecule has 1 rings (SSSR count). The molecule has 0 amide bonds. The zero-order chi connectivity index (χ0) is 14.0. The average Bonchev–Trinajstić information content (AvgIpc) is 2.42. The first-order chi connectivity index (χ1) is 9.18. The lowest BCUT2D eigenvalue weighted by Crippen LogP contribution is -2.43. The maximum atomic E-state index is 3.72. The van der Waals surface area contributed by atoms with Gasteiger partial charge in [-0.25, -0.2) is 0 Å². The van der Waals surface area contributed by atoms with Crippen LogP contribution in [0.3, 0.4) is 0 Å².